The number of alkyl halides is 6. The molecule has 0 aromatic carbocycles. The predicted molar refractivity (Wildman–Crippen MR) is 32.0 cm³/mol. The van der Waals surface area contributed by atoms with Crippen molar-refractivity contribution < 1.29 is 39.3 Å². The Balaban J connectivity index is 5.22. The molecule has 10 heteroatoms. The lowest BCUT2D eigenvalue weighted by atomic mass is 10.2. The van der Waals surface area contributed by atoms with E-state index in [0.717, 1.165) is 0 Å². The van der Waals surface area contributed by atoms with Gasteiger partial charge in [-0.1, -0.05) is 0 Å². The van der Waals surface area contributed by atoms with Gasteiger partial charge in [0, 0.05) is 0 Å². The first-order chi connectivity index (χ1) is 6.01. The normalized spacial score (nSPS) is 14.4. The van der Waals surface area contributed by atoms with E-state index in [4.69, 9.17) is 4.55 Å². The maximum atomic E-state index is 12.3. The van der Waals surface area contributed by atoms with Crippen LogP contribution in [0.25, 0.3) is 0 Å². The van der Waals surface area contributed by atoms with Gasteiger partial charge in [-0.3, -0.25) is 4.55 Å². The van der Waals surface area contributed by atoms with E-state index < -0.39 is 34.1 Å². The van der Waals surface area contributed by atoms with Crippen LogP contribution in [0.15, 0.2) is 0 Å². The zero-order valence-electron chi connectivity index (χ0n) is 6.17. The van der Waals surface area contributed by atoms with Crippen LogP contribution in [0.5, 0.6) is 0 Å². The van der Waals surface area contributed by atoms with Gasteiger partial charge in [0.1, 0.15) is 0 Å². The fourth-order valence-electron chi connectivity index (χ4n) is 0.575. The summed E-state index contributed by atoms with van der Waals surface area (Å²) in [6, 6.07) is 0. The lowest BCUT2D eigenvalue weighted by Crippen LogP contribution is -2.44. The average Bonchev–Trinajstić information content (AvgIpc) is 1.79. The Labute approximate surface area is 74.5 Å². The van der Waals surface area contributed by atoms with E-state index in [0.29, 0.717) is 0 Å². The summed E-state index contributed by atoms with van der Waals surface area (Å²) in [4.78, 5) is 0. The SMILES string of the molecule is O=S(=O)(O)C(F)(F)C(C(F)F)C(F)F. The molecule has 0 aromatic heterocycles. The summed E-state index contributed by atoms with van der Waals surface area (Å²) in [6.45, 7) is 0. The van der Waals surface area contributed by atoms with Crippen LogP contribution in [-0.2, 0) is 10.1 Å². The van der Waals surface area contributed by atoms with Gasteiger partial charge in [0.05, 0.1) is 0 Å². The third kappa shape index (κ3) is 2.50. The van der Waals surface area contributed by atoms with Crippen LogP contribution >= 0.6 is 0 Å². The standard InChI is InChI=1S/C4H4F6O3S/c5-2(6)1(3(7)8)4(9,10)14(11,12)13/h1-3H,(H,11,12,13). The molecule has 86 valence electrons. The molecule has 0 fully saturated rings. The second-order valence-electron chi connectivity index (χ2n) is 2.23. The third-order valence-corrected chi connectivity index (χ3v) is 2.23. The van der Waals surface area contributed by atoms with Gasteiger partial charge in [-0.05, 0) is 0 Å². The van der Waals surface area contributed by atoms with Gasteiger partial charge >= 0.3 is 15.4 Å². The van der Waals surface area contributed by atoms with Gasteiger partial charge in [0.25, 0.3) is 12.9 Å². The topological polar surface area (TPSA) is 54.4 Å². The number of hydrogen-bond acceptors (Lipinski definition) is 2. The monoisotopic (exact) mass is 246 g/mol. The molecule has 14 heavy (non-hydrogen) atoms. The quantitative estimate of drug-likeness (QED) is 0.605. The highest BCUT2D eigenvalue weighted by Gasteiger charge is 2.59. The molecule has 0 heterocycles. The Morgan fingerprint density at radius 1 is 1.00 bits per heavy atom. The average molecular weight is 246 g/mol. The first-order valence-corrected chi connectivity index (χ1v) is 4.37. The Morgan fingerprint density at radius 3 is 1.36 bits per heavy atom. The molecule has 0 aliphatic carbocycles. The lowest BCUT2D eigenvalue weighted by Gasteiger charge is -2.22. The summed E-state index contributed by atoms with van der Waals surface area (Å²) < 4.78 is 98.6. The van der Waals surface area contributed by atoms with Crippen molar-refractivity contribution in [1.82, 2.24) is 0 Å². The summed E-state index contributed by atoms with van der Waals surface area (Å²) in [6.07, 6.45) is -8.54. The zero-order chi connectivity index (χ0) is 11.7. The smallest absolute Gasteiger partial charge is 0.281 e. The first kappa shape index (κ1) is 13.5. The Hall–Kier alpha value is -0.510. The van der Waals surface area contributed by atoms with Crippen molar-refractivity contribution in [3.63, 3.8) is 0 Å². The van der Waals surface area contributed by atoms with Crippen LogP contribution in [0, 0.1) is 5.92 Å². The zero-order valence-corrected chi connectivity index (χ0v) is 6.99. The summed E-state index contributed by atoms with van der Waals surface area (Å²) in [7, 11) is -6.28. The summed E-state index contributed by atoms with van der Waals surface area (Å²) >= 11 is 0. The van der Waals surface area contributed by atoms with Crippen molar-refractivity contribution in [2.24, 2.45) is 5.92 Å². The van der Waals surface area contributed by atoms with E-state index >= 15 is 0 Å². The molecule has 0 spiro atoms. The molecule has 0 radical (unpaired) electrons. The van der Waals surface area contributed by atoms with E-state index in [-0.39, 0.29) is 0 Å². The van der Waals surface area contributed by atoms with Crippen molar-refractivity contribution in [3.8, 4) is 0 Å². The molecule has 0 aliphatic rings. The Kier molecular flexibility index (Phi) is 3.78. The van der Waals surface area contributed by atoms with E-state index in [1.165, 1.54) is 0 Å². The largest absolute Gasteiger partial charge is 0.383 e. The van der Waals surface area contributed by atoms with Crippen LogP contribution in [0.4, 0.5) is 26.3 Å². The third-order valence-electron chi connectivity index (χ3n) is 1.27. The maximum absolute atomic E-state index is 12.3. The van der Waals surface area contributed by atoms with Gasteiger partial charge in [-0.2, -0.15) is 17.2 Å². The van der Waals surface area contributed by atoms with E-state index in [1.807, 2.05) is 0 Å². The van der Waals surface area contributed by atoms with E-state index in [1.54, 1.807) is 0 Å². The first-order valence-electron chi connectivity index (χ1n) is 2.93. The minimum absolute atomic E-state index is 4.04. The molecule has 0 aromatic rings. The predicted octanol–water partition coefficient (Wildman–Crippen LogP) is 1.61. The number of hydrogen-bond donors (Lipinski definition) is 1. The van der Waals surface area contributed by atoms with Gasteiger partial charge < -0.3 is 0 Å². The summed E-state index contributed by atoms with van der Waals surface area (Å²) in [5.74, 6) is -4.04. The number of rotatable bonds is 4. The van der Waals surface area contributed by atoms with Crippen LogP contribution in [0.1, 0.15) is 0 Å². The number of halogens is 6. The molecule has 0 atom stereocenters. The van der Waals surface area contributed by atoms with Gasteiger partial charge in [-0.25, -0.2) is 17.6 Å². The molecule has 0 aliphatic heterocycles. The van der Waals surface area contributed by atoms with Crippen molar-refractivity contribution in [2.75, 3.05) is 0 Å². The fraction of sp³-hybridized carbons (Fsp3) is 1.00. The van der Waals surface area contributed by atoms with Crippen LogP contribution < -0.4 is 0 Å². The second kappa shape index (κ2) is 3.93. The van der Waals surface area contributed by atoms with E-state index in [2.05, 4.69) is 0 Å². The molecule has 0 saturated carbocycles. The molecular formula is C4H4F6O3S. The van der Waals surface area contributed by atoms with Crippen LogP contribution in [-0.4, -0.2) is 31.1 Å². The van der Waals surface area contributed by atoms with Crippen molar-refractivity contribution in [2.45, 2.75) is 18.1 Å². The fourth-order valence-corrected chi connectivity index (χ4v) is 1.12. The van der Waals surface area contributed by atoms with Crippen LogP contribution in [0.2, 0.25) is 0 Å². The van der Waals surface area contributed by atoms with Gasteiger partial charge in [0.2, 0.25) is 0 Å². The molecule has 0 rings (SSSR count). The minimum atomic E-state index is -6.28. The summed E-state index contributed by atoms with van der Waals surface area (Å²) in [5, 5.41) is -5.57. The minimum Gasteiger partial charge on any atom is -0.281 e. The van der Waals surface area contributed by atoms with Gasteiger partial charge in [0.15, 0.2) is 5.92 Å². The highest BCUT2D eigenvalue weighted by atomic mass is 32.2. The van der Waals surface area contributed by atoms with Gasteiger partial charge in [-0.15, -0.1) is 0 Å². The summed E-state index contributed by atoms with van der Waals surface area (Å²) in [5.41, 5.74) is 0. The molecule has 0 unspecified atom stereocenters. The second-order valence-corrected chi connectivity index (χ2v) is 3.73. The Morgan fingerprint density at radius 2 is 1.29 bits per heavy atom. The van der Waals surface area contributed by atoms with Crippen LogP contribution in [0.3, 0.4) is 0 Å². The molecule has 1 N–H and O–H groups in total. The Bertz CT molecular complexity index is 277. The highest BCUT2D eigenvalue weighted by molar-refractivity contribution is 7.86. The van der Waals surface area contributed by atoms with Crippen molar-refractivity contribution in [1.29, 1.82) is 0 Å². The maximum Gasteiger partial charge on any atom is 0.383 e. The lowest BCUT2D eigenvalue weighted by molar-refractivity contribution is -0.126. The molecule has 3 nitrogen and oxygen atoms in total. The van der Waals surface area contributed by atoms with Crippen molar-refractivity contribution >= 4 is 10.1 Å². The molecule has 0 saturated heterocycles. The highest BCUT2D eigenvalue weighted by Crippen LogP contribution is 2.38. The molecule has 0 bridgehead atoms. The van der Waals surface area contributed by atoms with Crippen molar-refractivity contribution in [3.05, 3.63) is 0 Å². The van der Waals surface area contributed by atoms with E-state index in [9.17, 15) is 34.8 Å². The molecular weight excluding hydrogens is 242 g/mol. The molecule has 0 amide bonds.